The number of fused-ring (bicyclic) bond motifs is 4. The van der Waals surface area contributed by atoms with E-state index in [1.54, 1.807) is 19.1 Å². The minimum atomic E-state index is -0.422. The van der Waals surface area contributed by atoms with Gasteiger partial charge in [0, 0.05) is 12.0 Å². The number of ether oxygens (including phenoxy) is 1. The summed E-state index contributed by atoms with van der Waals surface area (Å²) in [6.07, 6.45) is 0.604. The third-order valence-corrected chi connectivity index (χ3v) is 6.50. The van der Waals surface area contributed by atoms with Gasteiger partial charge in [0.15, 0.2) is 5.13 Å². The summed E-state index contributed by atoms with van der Waals surface area (Å²) in [4.78, 5) is 24.2. The minimum Gasteiger partial charge on any atom is -0.394 e. The normalized spacial score (nSPS) is 20.5. The van der Waals surface area contributed by atoms with Gasteiger partial charge in [-0.2, -0.15) is 4.98 Å². The summed E-state index contributed by atoms with van der Waals surface area (Å²) in [7, 11) is 0. The van der Waals surface area contributed by atoms with Gasteiger partial charge in [0.05, 0.1) is 48.5 Å². The average molecular weight is 460 g/mol. The van der Waals surface area contributed by atoms with E-state index in [9.17, 15) is 9.18 Å². The van der Waals surface area contributed by atoms with Crippen LogP contribution in [0.4, 0.5) is 20.3 Å². The molecule has 1 saturated heterocycles. The van der Waals surface area contributed by atoms with Crippen LogP contribution in [0.3, 0.4) is 0 Å². The van der Waals surface area contributed by atoms with Crippen LogP contribution >= 0.6 is 11.3 Å². The van der Waals surface area contributed by atoms with E-state index in [0.29, 0.717) is 42.2 Å². The second kappa shape index (κ2) is 8.45. The molecule has 2 bridgehead atoms. The van der Waals surface area contributed by atoms with E-state index >= 15 is 0 Å². The van der Waals surface area contributed by atoms with Crippen molar-refractivity contribution in [3.63, 3.8) is 0 Å². The number of aliphatic hydroxyl groups is 1. The zero-order chi connectivity index (χ0) is 22.2. The fraction of sp³-hybridized carbons (Fsp3) is 0.400. The number of anilines is 2. The predicted octanol–water partition coefficient (Wildman–Crippen LogP) is 2.34. The van der Waals surface area contributed by atoms with E-state index in [2.05, 4.69) is 25.8 Å². The van der Waals surface area contributed by atoms with Gasteiger partial charge in [-0.3, -0.25) is 5.32 Å². The van der Waals surface area contributed by atoms with Gasteiger partial charge in [-0.15, -0.1) is 0 Å². The van der Waals surface area contributed by atoms with Crippen molar-refractivity contribution < 1.29 is 23.6 Å². The minimum absolute atomic E-state index is 0.0408. The molecule has 12 heteroatoms. The number of thiazole rings is 1. The Balaban J connectivity index is 1.39. The van der Waals surface area contributed by atoms with Crippen molar-refractivity contribution in [3.8, 4) is 11.4 Å². The SMILES string of the molecule is C[C@H](CO)NC(=O)Nc1nc2c(s1)C1COCC(C2)N1c1nc(-c2ccc(F)cc2)no1. The van der Waals surface area contributed by atoms with Crippen molar-refractivity contribution in [2.24, 2.45) is 0 Å². The topological polar surface area (TPSA) is 126 Å². The van der Waals surface area contributed by atoms with E-state index in [1.807, 2.05) is 4.90 Å². The van der Waals surface area contributed by atoms with Crippen LogP contribution in [-0.2, 0) is 11.2 Å². The highest BCUT2D eigenvalue weighted by atomic mass is 32.1. The van der Waals surface area contributed by atoms with Gasteiger partial charge in [-0.25, -0.2) is 14.2 Å². The number of nitrogens with one attached hydrogen (secondary N) is 2. The number of amides is 2. The van der Waals surface area contributed by atoms with Gasteiger partial charge in [0.1, 0.15) is 5.82 Å². The van der Waals surface area contributed by atoms with Gasteiger partial charge in [-0.05, 0) is 31.2 Å². The zero-order valence-corrected chi connectivity index (χ0v) is 17.9. The van der Waals surface area contributed by atoms with Crippen molar-refractivity contribution in [2.75, 3.05) is 30.0 Å². The lowest BCUT2D eigenvalue weighted by Crippen LogP contribution is -2.51. The molecule has 5 rings (SSSR count). The van der Waals surface area contributed by atoms with E-state index in [0.717, 1.165) is 10.6 Å². The molecule has 0 spiro atoms. The van der Waals surface area contributed by atoms with E-state index < -0.39 is 6.03 Å². The van der Waals surface area contributed by atoms with Crippen molar-refractivity contribution in [2.45, 2.75) is 31.5 Å². The smallest absolute Gasteiger partial charge is 0.325 e. The van der Waals surface area contributed by atoms with Gasteiger partial charge < -0.3 is 24.6 Å². The number of urea groups is 1. The molecule has 10 nitrogen and oxygen atoms in total. The first-order chi connectivity index (χ1) is 15.5. The third-order valence-electron chi connectivity index (χ3n) is 5.38. The first-order valence-electron chi connectivity index (χ1n) is 10.2. The van der Waals surface area contributed by atoms with Crippen LogP contribution in [0.15, 0.2) is 28.8 Å². The summed E-state index contributed by atoms with van der Waals surface area (Å²) in [6, 6.07) is 5.28. The number of nitrogens with zero attached hydrogens (tertiary/aromatic N) is 4. The first kappa shape index (κ1) is 20.8. The maximum atomic E-state index is 13.2. The van der Waals surface area contributed by atoms with Gasteiger partial charge in [0.25, 0.3) is 0 Å². The summed E-state index contributed by atoms with van der Waals surface area (Å²) in [5, 5.41) is 19.0. The molecule has 3 N–H and O–H groups in total. The Labute approximate surface area is 186 Å². The molecule has 32 heavy (non-hydrogen) atoms. The second-order valence-corrected chi connectivity index (χ2v) is 8.77. The largest absolute Gasteiger partial charge is 0.394 e. The first-order valence-corrected chi connectivity index (χ1v) is 11.0. The highest BCUT2D eigenvalue weighted by Crippen LogP contribution is 2.43. The van der Waals surface area contributed by atoms with Crippen molar-refractivity contribution >= 4 is 28.5 Å². The molecule has 4 heterocycles. The van der Waals surface area contributed by atoms with E-state index in [-0.39, 0.29) is 30.5 Å². The van der Waals surface area contributed by atoms with Crippen LogP contribution in [0.5, 0.6) is 0 Å². The maximum Gasteiger partial charge on any atom is 0.325 e. The molecular weight excluding hydrogens is 439 g/mol. The van der Waals surface area contributed by atoms with Crippen molar-refractivity contribution in [1.82, 2.24) is 20.4 Å². The molecular formula is C20H21FN6O4S. The Morgan fingerprint density at radius 1 is 1.34 bits per heavy atom. The van der Waals surface area contributed by atoms with Crippen molar-refractivity contribution in [1.29, 1.82) is 0 Å². The van der Waals surface area contributed by atoms with Gasteiger partial charge in [0.2, 0.25) is 5.82 Å². The summed E-state index contributed by atoms with van der Waals surface area (Å²) < 4.78 is 24.6. The highest BCUT2D eigenvalue weighted by molar-refractivity contribution is 7.16. The average Bonchev–Trinajstić information content (AvgIpc) is 3.41. The number of halogens is 1. The van der Waals surface area contributed by atoms with E-state index in [1.165, 1.54) is 23.5 Å². The molecule has 2 aromatic heterocycles. The van der Waals surface area contributed by atoms with Crippen LogP contribution in [0, 0.1) is 5.82 Å². The summed E-state index contributed by atoms with van der Waals surface area (Å²) in [5.41, 5.74) is 1.57. The van der Waals surface area contributed by atoms with Crippen LogP contribution in [0.2, 0.25) is 0 Å². The molecule has 2 amide bonds. The molecule has 1 fully saturated rings. The van der Waals surface area contributed by atoms with Gasteiger partial charge in [-0.1, -0.05) is 16.5 Å². The number of rotatable bonds is 5. The monoisotopic (exact) mass is 460 g/mol. The standard InChI is InChI=1S/C20H21FN6O4S/c1-10(7-28)22-18(29)25-19-23-14-6-13-8-30-9-15(16(14)32-19)27(13)20-24-17(26-31-20)11-2-4-12(21)5-3-11/h2-5,10,13,15,28H,6-9H2,1H3,(H2,22,23,25,29)/t10-,13?,15?/m1/s1. The third kappa shape index (κ3) is 3.92. The Morgan fingerprint density at radius 2 is 2.16 bits per heavy atom. The number of carbonyl (C=O) groups is 1. The van der Waals surface area contributed by atoms with Crippen LogP contribution in [-0.4, -0.2) is 58.2 Å². The van der Waals surface area contributed by atoms with Crippen molar-refractivity contribution in [3.05, 3.63) is 40.7 Å². The Morgan fingerprint density at radius 3 is 2.94 bits per heavy atom. The lowest BCUT2D eigenvalue weighted by molar-refractivity contribution is 0.0570. The molecule has 2 aliphatic rings. The van der Waals surface area contributed by atoms with Crippen LogP contribution in [0.1, 0.15) is 23.5 Å². The quantitative estimate of drug-likeness (QED) is 0.530. The molecule has 3 atom stereocenters. The molecule has 3 aromatic rings. The fourth-order valence-electron chi connectivity index (χ4n) is 3.87. The number of aromatic nitrogens is 3. The molecule has 168 valence electrons. The Kier molecular flexibility index (Phi) is 5.49. The van der Waals surface area contributed by atoms with Crippen LogP contribution in [0.25, 0.3) is 11.4 Å². The second-order valence-electron chi connectivity index (χ2n) is 7.74. The fourth-order valence-corrected chi connectivity index (χ4v) is 4.94. The number of hydrogen-bond donors (Lipinski definition) is 3. The summed E-state index contributed by atoms with van der Waals surface area (Å²) in [6.45, 7) is 2.46. The summed E-state index contributed by atoms with van der Waals surface area (Å²) >= 11 is 1.37. The molecule has 1 aromatic carbocycles. The Bertz CT molecular complexity index is 1120. The maximum absolute atomic E-state index is 13.2. The lowest BCUT2D eigenvalue weighted by atomic mass is 9.97. The van der Waals surface area contributed by atoms with Crippen LogP contribution < -0.4 is 15.5 Å². The summed E-state index contributed by atoms with van der Waals surface area (Å²) in [5.74, 6) is 0.0490. The molecule has 2 unspecified atom stereocenters. The number of carbonyl (C=O) groups excluding carboxylic acids is 1. The number of benzene rings is 1. The predicted molar refractivity (Wildman–Crippen MR) is 114 cm³/mol. The molecule has 0 radical (unpaired) electrons. The highest BCUT2D eigenvalue weighted by Gasteiger charge is 2.43. The van der Waals surface area contributed by atoms with E-state index in [4.69, 9.17) is 14.4 Å². The molecule has 0 saturated carbocycles. The number of hydrogen-bond acceptors (Lipinski definition) is 9. The molecule has 0 aliphatic carbocycles. The lowest BCUT2D eigenvalue weighted by Gasteiger charge is -2.43. The number of aliphatic hydroxyl groups excluding tert-OH is 1. The zero-order valence-electron chi connectivity index (χ0n) is 17.1. The molecule has 2 aliphatic heterocycles. The van der Waals surface area contributed by atoms with Gasteiger partial charge >= 0.3 is 12.0 Å². The Hall–Kier alpha value is -3.09. The number of morpholine rings is 1.